The number of aryl methyl sites for hydroxylation is 1. The van der Waals surface area contributed by atoms with E-state index in [9.17, 15) is 14.7 Å². The lowest BCUT2D eigenvalue weighted by Gasteiger charge is -2.22. The Morgan fingerprint density at radius 1 is 1.24 bits per heavy atom. The lowest BCUT2D eigenvalue weighted by atomic mass is 10.1. The molecule has 3 N–H and O–H groups in total. The van der Waals surface area contributed by atoms with E-state index in [1.165, 1.54) is 0 Å². The number of aliphatic hydroxyl groups is 1. The summed E-state index contributed by atoms with van der Waals surface area (Å²) in [5.41, 5.74) is 2.41. The average Bonchev–Trinajstić information content (AvgIpc) is 3.46. The molecule has 2 fully saturated rings. The summed E-state index contributed by atoms with van der Waals surface area (Å²) in [4.78, 5) is 26.9. The number of likely N-dealkylation sites (tertiary alicyclic amines) is 1. The first-order valence-electron chi connectivity index (χ1n) is 11.3. The van der Waals surface area contributed by atoms with Crippen molar-refractivity contribution in [2.24, 2.45) is 0 Å². The summed E-state index contributed by atoms with van der Waals surface area (Å²) in [5.74, 6) is 0.862. The highest BCUT2D eigenvalue weighted by Crippen LogP contribution is 2.34. The molecule has 2 aliphatic rings. The maximum Gasteiger partial charge on any atom is 0.319 e. The summed E-state index contributed by atoms with van der Waals surface area (Å²) in [6.07, 6.45) is 5.34. The van der Waals surface area contributed by atoms with Crippen molar-refractivity contribution < 1.29 is 19.4 Å². The number of nitrogens with zero attached hydrogens (tertiary/aromatic N) is 3. The minimum Gasteiger partial charge on any atom is -0.455 e. The average molecular weight is 484 g/mol. The quantitative estimate of drug-likeness (QED) is 0.509. The van der Waals surface area contributed by atoms with Crippen molar-refractivity contribution in [3.63, 3.8) is 0 Å². The summed E-state index contributed by atoms with van der Waals surface area (Å²) in [6, 6.07) is 6.48. The first kappa shape index (κ1) is 22.5. The molecule has 0 radical (unpaired) electrons. The number of nitrogens with one attached hydrogen (secondary N) is 2. The number of hydrogen-bond donors (Lipinski definition) is 3. The van der Waals surface area contributed by atoms with Crippen LogP contribution < -0.4 is 15.4 Å². The second-order valence-electron chi connectivity index (χ2n) is 8.87. The van der Waals surface area contributed by atoms with E-state index < -0.39 is 6.10 Å². The molecular weight excluding hydrogens is 458 g/mol. The fraction of sp³-hybridized carbons (Fsp3) is 0.375. The van der Waals surface area contributed by atoms with Gasteiger partial charge in [-0.1, -0.05) is 11.6 Å². The highest BCUT2D eigenvalue weighted by atomic mass is 35.5. The van der Waals surface area contributed by atoms with E-state index in [0.717, 1.165) is 18.4 Å². The molecule has 0 unspecified atom stereocenters. The van der Waals surface area contributed by atoms with Crippen LogP contribution in [0.2, 0.25) is 5.02 Å². The highest BCUT2D eigenvalue weighted by Gasteiger charge is 2.34. The van der Waals surface area contributed by atoms with Crippen LogP contribution in [0.5, 0.6) is 11.5 Å². The largest absolute Gasteiger partial charge is 0.455 e. The molecule has 1 aliphatic heterocycles. The number of aromatic nitrogens is 2. The minimum atomic E-state index is -0.514. The number of carbonyl (C=O) groups is 2. The van der Waals surface area contributed by atoms with Gasteiger partial charge in [0.1, 0.15) is 11.3 Å². The van der Waals surface area contributed by atoms with Gasteiger partial charge < -0.3 is 25.4 Å². The third kappa shape index (κ3) is 4.28. The fourth-order valence-corrected chi connectivity index (χ4v) is 4.46. The molecule has 178 valence electrons. The molecule has 9 nitrogen and oxygen atoms in total. The van der Waals surface area contributed by atoms with Gasteiger partial charge in [0.25, 0.3) is 5.91 Å². The minimum absolute atomic E-state index is 0.138. The third-order valence-corrected chi connectivity index (χ3v) is 6.74. The Bertz CT molecular complexity index is 1270. The van der Waals surface area contributed by atoms with Crippen LogP contribution in [0.25, 0.3) is 5.52 Å². The van der Waals surface area contributed by atoms with Gasteiger partial charge in [0.05, 0.1) is 34.6 Å². The summed E-state index contributed by atoms with van der Waals surface area (Å²) in [6.45, 7) is 4.22. The summed E-state index contributed by atoms with van der Waals surface area (Å²) < 4.78 is 7.73. The van der Waals surface area contributed by atoms with Crippen LogP contribution in [0.4, 0.5) is 10.5 Å². The van der Waals surface area contributed by atoms with Crippen molar-refractivity contribution in [3.05, 3.63) is 52.8 Å². The van der Waals surface area contributed by atoms with Gasteiger partial charge in [-0.05, 0) is 50.8 Å². The molecule has 3 heterocycles. The number of urea groups is 1. The summed E-state index contributed by atoms with van der Waals surface area (Å²) in [7, 11) is 0. The zero-order valence-corrected chi connectivity index (χ0v) is 19.7. The molecule has 0 bridgehead atoms. The van der Waals surface area contributed by atoms with Gasteiger partial charge >= 0.3 is 6.03 Å². The van der Waals surface area contributed by atoms with Gasteiger partial charge in [-0.15, -0.1) is 0 Å². The van der Waals surface area contributed by atoms with E-state index in [4.69, 9.17) is 16.3 Å². The van der Waals surface area contributed by atoms with E-state index in [1.807, 2.05) is 13.8 Å². The molecule has 2 aromatic heterocycles. The van der Waals surface area contributed by atoms with Gasteiger partial charge in [-0.25, -0.2) is 9.31 Å². The van der Waals surface area contributed by atoms with Crippen molar-refractivity contribution in [1.29, 1.82) is 0 Å². The standard InChI is InChI=1S/C24H26ClN5O4/c1-13-17(23(32)29-10-8-20(31)14(29)2)12-30-22(13)21(7-9-26-30)34-16-5-6-19(18(25)11-16)28-24(33)27-15-3-4-15/h5-7,9,11-12,14-15,20,31H,3-4,8,10H2,1-2H3,(H2,27,28,33)/t14-,20+/m1/s1. The van der Waals surface area contributed by atoms with E-state index in [0.29, 0.717) is 46.3 Å². The molecular formula is C24H26ClN5O4. The predicted molar refractivity (Wildman–Crippen MR) is 128 cm³/mol. The van der Waals surface area contributed by atoms with E-state index >= 15 is 0 Å². The van der Waals surface area contributed by atoms with Gasteiger partial charge in [0.2, 0.25) is 0 Å². The Balaban J connectivity index is 1.38. The predicted octanol–water partition coefficient (Wildman–Crippen LogP) is 3.97. The number of hydrogen-bond acceptors (Lipinski definition) is 5. The van der Waals surface area contributed by atoms with Crippen molar-refractivity contribution >= 4 is 34.7 Å². The van der Waals surface area contributed by atoms with Crippen LogP contribution in [-0.4, -0.2) is 56.3 Å². The number of benzene rings is 1. The fourth-order valence-electron chi connectivity index (χ4n) is 4.25. The smallest absolute Gasteiger partial charge is 0.319 e. The molecule has 1 aromatic carbocycles. The van der Waals surface area contributed by atoms with Crippen LogP contribution >= 0.6 is 11.6 Å². The number of carbonyl (C=O) groups excluding carboxylic acids is 2. The number of fused-ring (bicyclic) bond motifs is 1. The van der Waals surface area contributed by atoms with E-state index in [1.54, 1.807) is 46.1 Å². The number of amides is 3. The van der Waals surface area contributed by atoms with Gasteiger partial charge in [0, 0.05) is 30.9 Å². The molecule has 10 heteroatoms. The van der Waals surface area contributed by atoms with Crippen LogP contribution in [0.3, 0.4) is 0 Å². The molecule has 5 rings (SSSR count). The van der Waals surface area contributed by atoms with Crippen molar-refractivity contribution in [2.45, 2.75) is 51.3 Å². The number of rotatable bonds is 5. The third-order valence-electron chi connectivity index (χ3n) is 6.42. The second-order valence-corrected chi connectivity index (χ2v) is 9.28. The SMILES string of the molecule is Cc1c(C(=O)N2CC[C@H](O)[C@H]2C)cn2nccc(Oc3ccc(NC(=O)NC4CC4)c(Cl)c3)c12. The lowest BCUT2D eigenvalue weighted by molar-refractivity contribution is 0.0666. The highest BCUT2D eigenvalue weighted by molar-refractivity contribution is 6.33. The topological polar surface area (TPSA) is 108 Å². The van der Waals surface area contributed by atoms with Crippen molar-refractivity contribution in [3.8, 4) is 11.5 Å². The Kier molecular flexibility index (Phi) is 5.83. The molecule has 1 saturated heterocycles. The molecule has 34 heavy (non-hydrogen) atoms. The Labute approximate surface area is 201 Å². The van der Waals surface area contributed by atoms with Crippen molar-refractivity contribution in [1.82, 2.24) is 19.8 Å². The van der Waals surface area contributed by atoms with Crippen LogP contribution in [0.1, 0.15) is 42.1 Å². The van der Waals surface area contributed by atoms with Crippen LogP contribution in [0, 0.1) is 6.92 Å². The Morgan fingerprint density at radius 3 is 2.71 bits per heavy atom. The maximum atomic E-state index is 13.2. The summed E-state index contributed by atoms with van der Waals surface area (Å²) >= 11 is 6.37. The number of ether oxygens (including phenoxy) is 1. The monoisotopic (exact) mass is 483 g/mol. The molecule has 3 amide bonds. The maximum absolute atomic E-state index is 13.2. The molecule has 1 saturated carbocycles. The molecule has 3 aromatic rings. The molecule has 2 atom stereocenters. The first-order valence-corrected chi connectivity index (χ1v) is 11.7. The number of aliphatic hydroxyl groups excluding tert-OH is 1. The van der Waals surface area contributed by atoms with E-state index in [2.05, 4.69) is 15.7 Å². The van der Waals surface area contributed by atoms with Gasteiger partial charge in [0.15, 0.2) is 5.75 Å². The van der Waals surface area contributed by atoms with Gasteiger partial charge in [-0.3, -0.25) is 4.79 Å². The normalized spacial score (nSPS) is 19.9. The Morgan fingerprint density at radius 2 is 2.03 bits per heavy atom. The second kappa shape index (κ2) is 8.81. The number of anilines is 1. The van der Waals surface area contributed by atoms with Crippen LogP contribution in [-0.2, 0) is 0 Å². The zero-order valence-electron chi connectivity index (χ0n) is 18.9. The first-order chi connectivity index (χ1) is 16.3. The summed E-state index contributed by atoms with van der Waals surface area (Å²) in [5, 5.41) is 20.3. The van der Waals surface area contributed by atoms with E-state index in [-0.39, 0.29) is 24.0 Å². The Hall–Kier alpha value is -3.30. The van der Waals surface area contributed by atoms with Crippen molar-refractivity contribution in [2.75, 3.05) is 11.9 Å². The van der Waals surface area contributed by atoms with Crippen LogP contribution in [0.15, 0.2) is 36.7 Å². The number of halogens is 1. The lowest BCUT2D eigenvalue weighted by Crippen LogP contribution is -2.37. The zero-order chi connectivity index (χ0) is 24.0. The van der Waals surface area contributed by atoms with Gasteiger partial charge in [-0.2, -0.15) is 5.10 Å². The molecule has 1 aliphatic carbocycles. The molecule has 0 spiro atoms.